The average molecular weight is 514 g/mol. The quantitative estimate of drug-likeness (QED) is 0.221. The van der Waals surface area contributed by atoms with Crippen molar-refractivity contribution in [2.24, 2.45) is 23.4 Å². The zero-order valence-corrected chi connectivity index (χ0v) is 22.5. The SMILES string of the molecule is COC(=O)c1cnn(-c2cccc(-c3cccc(CCC4CCCCC4)c3)c2)c1[C@@H]1CC1/C(N)=C/N(C)N. The molecule has 0 bridgehead atoms. The van der Waals surface area contributed by atoms with Crippen LogP contribution in [-0.4, -0.2) is 34.9 Å². The highest BCUT2D eigenvalue weighted by atomic mass is 16.5. The summed E-state index contributed by atoms with van der Waals surface area (Å²) in [5.41, 5.74) is 12.9. The maximum Gasteiger partial charge on any atom is 0.341 e. The number of benzene rings is 2. The van der Waals surface area contributed by atoms with E-state index in [0.29, 0.717) is 11.3 Å². The third kappa shape index (κ3) is 5.78. The molecule has 38 heavy (non-hydrogen) atoms. The van der Waals surface area contributed by atoms with Crippen LogP contribution < -0.4 is 11.6 Å². The van der Waals surface area contributed by atoms with Crippen LogP contribution in [0.1, 0.15) is 72.5 Å². The number of esters is 1. The number of nitrogens with zero attached hydrogens (tertiary/aromatic N) is 3. The molecule has 2 aliphatic carbocycles. The molecule has 2 aromatic carbocycles. The van der Waals surface area contributed by atoms with E-state index in [1.54, 1.807) is 19.4 Å². The van der Waals surface area contributed by atoms with Crippen molar-refractivity contribution in [3.05, 3.63) is 83.4 Å². The molecule has 2 fully saturated rings. The van der Waals surface area contributed by atoms with Crippen LogP contribution in [0, 0.1) is 11.8 Å². The number of nitrogens with two attached hydrogens (primary N) is 2. The summed E-state index contributed by atoms with van der Waals surface area (Å²) in [6.45, 7) is 0. The molecule has 4 N–H and O–H groups in total. The molecule has 1 unspecified atom stereocenters. The van der Waals surface area contributed by atoms with Crippen LogP contribution in [0.2, 0.25) is 0 Å². The largest absolute Gasteiger partial charge is 0.465 e. The van der Waals surface area contributed by atoms with Gasteiger partial charge in [-0.2, -0.15) is 5.10 Å². The van der Waals surface area contributed by atoms with Gasteiger partial charge < -0.3 is 15.5 Å². The molecule has 5 rings (SSSR count). The number of ether oxygens (including phenoxy) is 1. The third-order valence-electron chi connectivity index (χ3n) is 8.05. The number of allylic oxidation sites excluding steroid dienone is 1. The van der Waals surface area contributed by atoms with Crippen LogP contribution >= 0.6 is 0 Å². The summed E-state index contributed by atoms with van der Waals surface area (Å²) in [6, 6.07) is 17.2. The predicted molar refractivity (Wildman–Crippen MR) is 150 cm³/mol. The number of carbonyl (C=O) groups is 1. The number of hydrazine groups is 1. The molecule has 1 aromatic heterocycles. The minimum absolute atomic E-state index is 0.0644. The van der Waals surface area contributed by atoms with Gasteiger partial charge in [-0.05, 0) is 54.0 Å². The van der Waals surface area contributed by atoms with E-state index in [-0.39, 0.29) is 11.8 Å². The molecule has 2 aliphatic rings. The molecular weight excluding hydrogens is 474 g/mol. The predicted octanol–water partition coefficient (Wildman–Crippen LogP) is 5.55. The summed E-state index contributed by atoms with van der Waals surface area (Å²) in [7, 11) is 3.14. The van der Waals surface area contributed by atoms with E-state index in [9.17, 15) is 4.79 Å². The number of hydrogen-bond donors (Lipinski definition) is 2. The van der Waals surface area contributed by atoms with Crippen LogP contribution in [0.4, 0.5) is 0 Å². The first-order valence-corrected chi connectivity index (χ1v) is 13.7. The van der Waals surface area contributed by atoms with Crippen LogP contribution in [0.3, 0.4) is 0 Å². The van der Waals surface area contributed by atoms with Gasteiger partial charge in [0, 0.05) is 30.8 Å². The molecule has 1 heterocycles. The first-order chi connectivity index (χ1) is 18.4. The molecule has 0 spiro atoms. The maximum atomic E-state index is 12.6. The summed E-state index contributed by atoms with van der Waals surface area (Å²) in [6.07, 6.45) is 13.5. The van der Waals surface area contributed by atoms with Crippen molar-refractivity contribution >= 4 is 5.97 Å². The Morgan fingerprint density at radius 3 is 2.61 bits per heavy atom. The molecule has 0 amide bonds. The zero-order chi connectivity index (χ0) is 26.6. The van der Waals surface area contributed by atoms with E-state index in [4.69, 9.17) is 16.3 Å². The second kappa shape index (κ2) is 11.4. The van der Waals surface area contributed by atoms with Crippen molar-refractivity contribution in [1.82, 2.24) is 14.8 Å². The van der Waals surface area contributed by atoms with E-state index in [2.05, 4.69) is 41.5 Å². The highest BCUT2D eigenvalue weighted by Gasteiger charge is 2.45. The Kier molecular flexibility index (Phi) is 7.84. The minimum atomic E-state index is -0.391. The van der Waals surface area contributed by atoms with E-state index < -0.39 is 5.97 Å². The number of methoxy groups -OCH3 is 1. The summed E-state index contributed by atoms with van der Waals surface area (Å²) in [5.74, 6) is 6.42. The lowest BCUT2D eigenvalue weighted by Gasteiger charge is -2.21. The van der Waals surface area contributed by atoms with Crippen LogP contribution in [0.25, 0.3) is 16.8 Å². The number of hydrogen-bond acceptors (Lipinski definition) is 6. The summed E-state index contributed by atoms with van der Waals surface area (Å²) < 4.78 is 6.94. The second-order valence-electron chi connectivity index (χ2n) is 10.9. The molecule has 0 aliphatic heterocycles. The topological polar surface area (TPSA) is 99.4 Å². The van der Waals surface area contributed by atoms with Gasteiger partial charge in [0.15, 0.2) is 0 Å². The Balaban J connectivity index is 1.41. The highest BCUT2D eigenvalue weighted by molar-refractivity contribution is 5.91. The molecule has 7 nitrogen and oxygen atoms in total. The van der Waals surface area contributed by atoms with Crippen LogP contribution in [-0.2, 0) is 11.2 Å². The van der Waals surface area contributed by atoms with Crippen molar-refractivity contribution in [3.8, 4) is 16.8 Å². The van der Waals surface area contributed by atoms with Gasteiger partial charge in [-0.15, -0.1) is 0 Å². The van der Waals surface area contributed by atoms with Crippen LogP contribution in [0.15, 0.2) is 66.6 Å². The van der Waals surface area contributed by atoms with Crippen molar-refractivity contribution in [2.45, 2.75) is 57.3 Å². The van der Waals surface area contributed by atoms with Gasteiger partial charge in [-0.25, -0.2) is 15.3 Å². The molecule has 0 radical (unpaired) electrons. The minimum Gasteiger partial charge on any atom is -0.465 e. The smallest absolute Gasteiger partial charge is 0.341 e. The normalized spacial score (nSPS) is 19.8. The molecule has 2 atom stereocenters. The van der Waals surface area contributed by atoms with E-state index in [1.807, 2.05) is 16.8 Å². The van der Waals surface area contributed by atoms with Gasteiger partial charge in [-0.3, -0.25) is 0 Å². The molecule has 3 aromatic rings. The van der Waals surface area contributed by atoms with Crippen molar-refractivity contribution < 1.29 is 9.53 Å². The molecule has 2 saturated carbocycles. The fourth-order valence-electron chi connectivity index (χ4n) is 5.95. The van der Waals surface area contributed by atoms with E-state index in [0.717, 1.165) is 35.7 Å². The first kappa shape index (κ1) is 26.0. The zero-order valence-electron chi connectivity index (χ0n) is 22.5. The molecular formula is C31H39N5O2. The molecule has 200 valence electrons. The van der Waals surface area contributed by atoms with Gasteiger partial charge in [0.2, 0.25) is 0 Å². The number of carbonyl (C=O) groups excluding carboxylic acids is 1. The maximum absolute atomic E-state index is 12.6. The Hall–Kier alpha value is -3.58. The Morgan fingerprint density at radius 1 is 1.13 bits per heavy atom. The number of aryl methyl sites for hydroxylation is 1. The van der Waals surface area contributed by atoms with E-state index in [1.165, 1.54) is 61.8 Å². The van der Waals surface area contributed by atoms with E-state index >= 15 is 0 Å². The monoisotopic (exact) mass is 513 g/mol. The Labute approximate surface area is 225 Å². The lowest BCUT2D eigenvalue weighted by atomic mass is 9.85. The lowest BCUT2D eigenvalue weighted by Crippen LogP contribution is -2.21. The Morgan fingerprint density at radius 2 is 1.87 bits per heavy atom. The van der Waals surface area contributed by atoms with Crippen molar-refractivity contribution in [3.63, 3.8) is 0 Å². The summed E-state index contributed by atoms with van der Waals surface area (Å²) in [5, 5.41) is 6.08. The van der Waals surface area contributed by atoms with Gasteiger partial charge in [0.25, 0.3) is 0 Å². The first-order valence-electron chi connectivity index (χ1n) is 13.7. The van der Waals surface area contributed by atoms with Crippen molar-refractivity contribution in [2.75, 3.05) is 14.2 Å². The van der Waals surface area contributed by atoms with Gasteiger partial charge in [-0.1, -0.05) is 68.5 Å². The fraction of sp³-hybridized carbons (Fsp3) is 0.419. The standard InChI is InChI=1S/C31H39N5O2/c1-35(33)20-29(32)26-18-27(26)30-28(31(37)38-2)19-34-36(30)25-13-7-12-24(17-25)23-11-6-10-22(16-23)15-14-21-8-4-3-5-9-21/h6-7,10-13,16-17,19-21,26-27H,3-5,8-9,14-15,18,32-33H2,1-2H3/b29-20-/t26?,27-/m1/s1. The number of aromatic nitrogens is 2. The summed E-state index contributed by atoms with van der Waals surface area (Å²) in [4.78, 5) is 12.6. The highest BCUT2D eigenvalue weighted by Crippen LogP contribution is 2.52. The van der Waals surface area contributed by atoms with Crippen molar-refractivity contribution in [1.29, 1.82) is 0 Å². The fourth-order valence-corrected chi connectivity index (χ4v) is 5.95. The second-order valence-corrected chi connectivity index (χ2v) is 10.9. The van der Waals surface area contributed by atoms with Gasteiger partial charge >= 0.3 is 5.97 Å². The van der Waals surface area contributed by atoms with Crippen LogP contribution in [0.5, 0.6) is 0 Å². The lowest BCUT2D eigenvalue weighted by molar-refractivity contribution is 0.0599. The third-order valence-corrected chi connectivity index (χ3v) is 8.05. The van der Waals surface area contributed by atoms with Gasteiger partial charge in [0.05, 0.1) is 24.7 Å². The van der Waals surface area contributed by atoms with Gasteiger partial charge in [0.1, 0.15) is 5.56 Å². The summed E-state index contributed by atoms with van der Waals surface area (Å²) >= 11 is 0. The number of rotatable bonds is 9. The Bertz CT molecular complexity index is 1310. The molecule has 7 heteroatoms. The molecule has 0 saturated heterocycles. The average Bonchev–Trinajstić information content (AvgIpc) is 3.62.